The van der Waals surface area contributed by atoms with Crippen molar-refractivity contribution >= 4 is 11.8 Å². The summed E-state index contributed by atoms with van der Waals surface area (Å²) in [7, 11) is 0. The molecule has 2 aromatic rings. The van der Waals surface area contributed by atoms with E-state index in [1.807, 2.05) is 12.1 Å². The summed E-state index contributed by atoms with van der Waals surface area (Å²) in [5, 5.41) is 3.60. The molecule has 0 saturated heterocycles. The van der Waals surface area contributed by atoms with Gasteiger partial charge in [0.05, 0.1) is 0 Å². The van der Waals surface area contributed by atoms with E-state index in [2.05, 4.69) is 5.16 Å². The summed E-state index contributed by atoms with van der Waals surface area (Å²) in [4.78, 5) is 23.8. The number of ether oxygens (including phenoxy) is 2. The largest absolute Gasteiger partial charge is 0.463 e. The lowest BCUT2D eigenvalue weighted by Gasteiger charge is -2.16. The summed E-state index contributed by atoms with van der Waals surface area (Å²) in [5.41, 5.74) is 3.12. The summed E-state index contributed by atoms with van der Waals surface area (Å²) in [6.45, 7) is 1.11. The second-order valence-electron chi connectivity index (χ2n) is 5.84. The van der Waals surface area contributed by atoms with Gasteiger partial charge in [0.15, 0.2) is 19.0 Å². The zero-order valence-corrected chi connectivity index (χ0v) is 13.5. The second kappa shape index (κ2) is 7.29. The summed E-state index contributed by atoms with van der Waals surface area (Å²) in [5.74, 6) is -0.0395. The van der Waals surface area contributed by atoms with Gasteiger partial charge in [0.25, 0.3) is 5.88 Å². The Labute approximate surface area is 139 Å². The van der Waals surface area contributed by atoms with E-state index in [-0.39, 0.29) is 24.9 Å². The first-order chi connectivity index (χ1) is 11.6. The highest BCUT2D eigenvalue weighted by atomic mass is 16.6. The number of hydrogen-bond donors (Lipinski definition) is 0. The smallest absolute Gasteiger partial charge is 0.344 e. The predicted molar refractivity (Wildman–Crippen MR) is 85.1 cm³/mol. The van der Waals surface area contributed by atoms with Crippen LogP contribution in [0.5, 0.6) is 5.88 Å². The minimum absolute atomic E-state index is 0.213. The number of carbonyl (C=O) groups excluding carboxylic acids is 2. The van der Waals surface area contributed by atoms with E-state index >= 15 is 0 Å². The van der Waals surface area contributed by atoms with Crippen molar-refractivity contribution in [2.24, 2.45) is 0 Å². The molecule has 0 bridgehead atoms. The number of rotatable bonds is 6. The molecule has 0 unspecified atom stereocenters. The molecule has 1 aliphatic carbocycles. The Bertz CT molecular complexity index is 750. The van der Waals surface area contributed by atoms with Gasteiger partial charge in [-0.2, -0.15) is 0 Å². The van der Waals surface area contributed by atoms with Crippen LogP contribution < -0.4 is 4.74 Å². The van der Waals surface area contributed by atoms with Crippen molar-refractivity contribution in [1.29, 1.82) is 0 Å². The molecule has 1 heterocycles. The molecule has 1 aromatic carbocycles. The molecule has 0 atom stereocenters. The molecule has 0 saturated carbocycles. The van der Waals surface area contributed by atoms with Crippen LogP contribution in [0.15, 0.2) is 28.8 Å². The number of aromatic nitrogens is 1. The average Bonchev–Trinajstić information content (AvgIpc) is 3.02. The van der Waals surface area contributed by atoms with Gasteiger partial charge in [-0.05, 0) is 55.0 Å². The van der Waals surface area contributed by atoms with Gasteiger partial charge in [-0.25, -0.2) is 4.79 Å². The summed E-state index contributed by atoms with van der Waals surface area (Å²) in [6, 6.07) is 7.28. The Kier molecular flexibility index (Phi) is 4.93. The number of nitrogens with zero attached hydrogens (tertiary/aromatic N) is 1. The summed E-state index contributed by atoms with van der Waals surface area (Å²) >= 11 is 0. The van der Waals surface area contributed by atoms with Crippen LogP contribution in [0, 0.1) is 6.92 Å². The Hall–Kier alpha value is -2.63. The zero-order valence-electron chi connectivity index (χ0n) is 13.5. The van der Waals surface area contributed by atoms with Crippen molar-refractivity contribution in [2.75, 3.05) is 13.2 Å². The molecule has 0 aliphatic heterocycles. The Morgan fingerprint density at radius 2 is 1.92 bits per heavy atom. The fourth-order valence-corrected chi connectivity index (χ4v) is 2.72. The molecule has 1 aromatic heterocycles. The Morgan fingerprint density at radius 1 is 1.12 bits per heavy atom. The SMILES string of the molecule is Cc1cc(OCC(=O)OCC(=O)c2ccc3c(c2)CCCC3)no1. The van der Waals surface area contributed by atoms with Crippen LogP contribution in [0.4, 0.5) is 0 Å². The average molecular weight is 329 g/mol. The van der Waals surface area contributed by atoms with Gasteiger partial charge in [0.1, 0.15) is 5.76 Å². The van der Waals surface area contributed by atoms with Gasteiger partial charge in [-0.3, -0.25) is 4.79 Å². The van der Waals surface area contributed by atoms with E-state index in [1.54, 1.807) is 19.1 Å². The number of esters is 1. The van der Waals surface area contributed by atoms with Crippen LogP contribution in [0.3, 0.4) is 0 Å². The van der Waals surface area contributed by atoms with Gasteiger partial charge in [0, 0.05) is 11.6 Å². The monoisotopic (exact) mass is 329 g/mol. The van der Waals surface area contributed by atoms with Crippen molar-refractivity contribution in [3.05, 3.63) is 46.7 Å². The van der Waals surface area contributed by atoms with E-state index in [1.165, 1.54) is 17.5 Å². The molecule has 3 rings (SSSR count). The van der Waals surface area contributed by atoms with Crippen molar-refractivity contribution in [2.45, 2.75) is 32.6 Å². The van der Waals surface area contributed by atoms with Gasteiger partial charge in [-0.1, -0.05) is 12.1 Å². The highest BCUT2D eigenvalue weighted by Gasteiger charge is 2.15. The van der Waals surface area contributed by atoms with Crippen LogP contribution in [0.2, 0.25) is 0 Å². The molecule has 6 heteroatoms. The molecule has 0 spiro atoms. The van der Waals surface area contributed by atoms with Gasteiger partial charge in [-0.15, -0.1) is 0 Å². The topological polar surface area (TPSA) is 78.6 Å². The highest BCUT2D eigenvalue weighted by Crippen LogP contribution is 2.22. The van der Waals surface area contributed by atoms with Crippen LogP contribution in [-0.2, 0) is 22.4 Å². The highest BCUT2D eigenvalue weighted by molar-refractivity contribution is 5.98. The maximum absolute atomic E-state index is 12.2. The predicted octanol–water partition coefficient (Wildman–Crippen LogP) is 2.67. The fraction of sp³-hybridized carbons (Fsp3) is 0.389. The molecule has 24 heavy (non-hydrogen) atoms. The van der Waals surface area contributed by atoms with Gasteiger partial charge < -0.3 is 14.0 Å². The minimum atomic E-state index is -0.623. The normalized spacial score (nSPS) is 13.2. The quantitative estimate of drug-likeness (QED) is 0.599. The molecule has 0 amide bonds. The lowest BCUT2D eigenvalue weighted by atomic mass is 9.90. The van der Waals surface area contributed by atoms with Crippen LogP contribution in [0.1, 0.15) is 40.1 Å². The molecule has 1 aliphatic rings. The number of aryl methyl sites for hydroxylation is 3. The van der Waals surface area contributed by atoms with Crippen LogP contribution in [-0.4, -0.2) is 30.1 Å². The maximum atomic E-state index is 12.2. The molecule has 6 nitrogen and oxygen atoms in total. The summed E-state index contributed by atoms with van der Waals surface area (Å²) < 4.78 is 14.9. The van der Waals surface area contributed by atoms with Crippen LogP contribution in [0.25, 0.3) is 0 Å². The molecule has 126 valence electrons. The Morgan fingerprint density at radius 3 is 2.67 bits per heavy atom. The number of carbonyl (C=O) groups is 2. The van der Waals surface area contributed by atoms with E-state index in [0.29, 0.717) is 11.3 Å². The zero-order chi connectivity index (χ0) is 16.9. The molecule has 0 fully saturated rings. The van der Waals surface area contributed by atoms with Crippen molar-refractivity contribution in [3.63, 3.8) is 0 Å². The number of ketones is 1. The summed E-state index contributed by atoms with van der Waals surface area (Å²) in [6.07, 6.45) is 4.42. The lowest BCUT2D eigenvalue weighted by molar-refractivity contribution is -0.144. The van der Waals surface area contributed by atoms with E-state index < -0.39 is 5.97 Å². The van der Waals surface area contributed by atoms with E-state index in [4.69, 9.17) is 14.0 Å². The third-order valence-corrected chi connectivity index (χ3v) is 3.98. The first kappa shape index (κ1) is 16.2. The molecular weight excluding hydrogens is 310 g/mol. The van der Waals surface area contributed by atoms with Crippen LogP contribution >= 0.6 is 0 Å². The number of hydrogen-bond acceptors (Lipinski definition) is 6. The van der Waals surface area contributed by atoms with Crippen molar-refractivity contribution in [3.8, 4) is 5.88 Å². The lowest BCUT2D eigenvalue weighted by Crippen LogP contribution is -2.20. The third kappa shape index (κ3) is 4.01. The maximum Gasteiger partial charge on any atom is 0.344 e. The molecule has 0 N–H and O–H groups in total. The second-order valence-corrected chi connectivity index (χ2v) is 5.84. The van der Waals surface area contributed by atoms with Gasteiger partial charge >= 0.3 is 5.97 Å². The minimum Gasteiger partial charge on any atom is -0.463 e. The first-order valence-electron chi connectivity index (χ1n) is 7.98. The third-order valence-electron chi connectivity index (χ3n) is 3.98. The first-order valence-corrected chi connectivity index (χ1v) is 7.98. The molecule has 0 radical (unpaired) electrons. The number of fused-ring (bicyclic) bond motifs is 1. The van der Waals surface area contributed by atoms with Crippen molar-refractivity contribution in [1.82, 2.24) is 5.16 Å². The standard InChI is InChI=1S/C18H19NO5/c1-12-8-17(19-24-12)22-11-18(21)23-10-16(20)15-7-6-13-4-2-3-5-14(13)9-15/h6-9H,2-5,10-11H2,1H3. The fourth-order valence-electron chi connectivity index (χ4n) is 2.72. The number of benzene rings is 1. The number of Topliss-reactive ketones (excluding diaryl/α,β-unsaturated/α-hetero) is 1. The van der Waals surface area contributed by atoms with E-state index in [0.717, 1.165) is 19.3 Å². The Balaban J connectivity index is 1.49. The van der Waals surface area contributed by atoms with E-state index in [9.17, 15) is 9.59 Å². The molecular formula is C18H19NO5. The van der Waals surface area contributed by atoms with Gasteiger partial charge in [0.2, 0.25) is 0 Å². The van der Waals surface area contributed by atoms with Crippen molar-refractivity contribution < 1.29 is 23.6 Å².